The normalized spacial score (nSPS) is 12.6. The van der Waals surface area contributed by atoms with Gasteiger partial charge in [0.1, 0.15) is 0 Å². The van der Waals surface area contributed by atoms with E-state index in [9.17, 15) is 0 Å². The molecule has 0 radical (unpaired) electrons. The number of amidine groups is 1. The smallest absolute Gasteiger partial charge is 0.286 e. The molecule has 0 saturated heterocycles. The van der Waals surface area contributed by atoms with Crippen LogP contribution in [0.3, 0.4) is 0 Å². The van der Waals surface area contributed by atoms with Crippen molar-refractivity contribution in [3.63, 3.8) is 0 Å². The lowest BCUT2D eigenvalue weighted by molar-refractivity contribution is 1.32. The lowest BCUT2D eigenvalue weighted by Crippen LogP contribution is -2.52. The first-order valence-corrected chi connectivity index (χ1v) is 12.8. The Balaban J connectivity index is 1.70. The molecule has 0 saturated carbocycles. The average Bonchev–Trinajstić information content (AvgIpc) is 2.99. The number of hydrogen-bond donors (Lipinski definition) is 2. The minimum atomic E-state index is -0.186. The molecule has 0 atom stereocenters. The van der Waals surface area contributed by atoms with Crippen molar-refractivity contribution in [2.75, 3.05) is 0 Å². The van der Waals surface area contributed by atoms with Gasteiger partial charge in [-0.2, -0.15) is 0 Å². The van der Waals surface area contributed by atoms with E-state index in [2.05, 4.69) is 42.4 Å². The first-order chi connectivity index (χ1) is 19.1. The molecule has 0 aliphatic heterocycles. The van der Waals surface area contributed by atoms with Crippen LogP contribution in [0.1, 0.15) is 11.1 Å². The van der Waals surface area contributed by atoms with Gasteiger partial charge in [0, 0.05) is 17.5 Å². The second-order valence-corrected chi connectivity index (χ2v) is 9.05. The molecule has 4 aromatic carbocycles. The fourth-order valence-corrected chi connectivity index (χ4v) is 4.30. The molecule has 0 aliphatic rings. The first-order valence-electron chi connectivity index (χ1n) is 12.8. The van der Waals surface area contributed by atoms with E-state index in [0.717, 1.165) is 33.2 Å². The number of nitrogens with zero attached hydrogens (tertiary/aromatic N) is 1. The Labute approximate surface area is 232 Å². The number of aliphatic imine (C=N–C) groups is 1. The highest BCUT2D eigenvalue weighted by molar-refractivity contribution is 7.08. The van der Waals surface area contributed by atoms with Gasteiger partial charge in [0.15, 0.2) is 0 Å². The first kappa shape index (κ1) is 27.0. The summed E-state index contributed by atoms with van der Waals surface area (Å²) in [6.45, 7) is 8.07. The summed E-state index contributed by atoms with van der Waals surface area (Å²) in [5.41, 5.74) is 20.9. The SMILES string of the molecule is C=CC(=C\N=C(N)B(c1ccccc1)c1ccccc1)/C(N)=C/C(=C\C(=C)c1ccccc1)c1ccccc1. The van der Waals surface area contributed by atoms with Gasteiger partial charge >= 0.3 is 0 Å². The topological polar surface area (TPSA) is 64.4 Å². The van der Waals surface area contributed by atoms with Crippen LogP contribution in [-0.4, -0.2) is 12.4 Å². The fourth-order valence-electron chi connectivity index (χ4n) is 4.30. The summed E-state index contributed by atoms with van der Waals surface area (Å²) in [4.78, 5) is 4.66. The zero-order valence-corrected chi connectivity index (χ0v) is 21.9. The van der Waals surface area contributed by atoms with Crippen LogP contribution < -0.4 is 22.4 Å². The Morgan fingerprint density at radius 1 is 0.641 bits per heavy atom. The number of allylic oxidation sites excluding steroid dienone is 5. The number of hydrogen-bond acceptors (Lipinski definition) is 2. The third-order valence-electron chi connectivity index (χ3n) is 6.36. The molecule has 4 N–H and O–H groups in total. The molecule has 190 valence electrons. The Hall–Kier alpha value is -5.09. The molecule has 0 spiro atoms. The van der Waals surface area contributed by atoms with Crippen molar-refractivity contribution >= 4 is 34.5 Å². The van der Waals surface area contributed by atoms with E-state index >= 15 is 0 Å². The number of benzene rings is 4. The molecule has 0 bridgehead atoms. The summed E-state index contributed by atoms with van der Waals surface area (Å²) < 4.78 is 0. The highest BCUT2D eigenvalue weighted by Gasteiger charge is 2.23. The lowest BCUT2D eigenvalue weighted by atomic mass is 9.39. The van der Waals surface area contributed by atoms with Crippen molar-refractivity contribution in [2.24, 2.45) is 16.5 Å². The van der Waals surface area contributed by atoms with Gasteiger partial charge in [-0.05, 0) is 34.4 Å². The quantitative estimate of drug-likeness (QED) is 0.122. The zero-order valence-electron chi connectivity index (χ0n) is 21.9. The second kappa shape index (κ2) is 13.5. The standard InChI is InChI=1S/C35H32BN3/c1-3-28(26-39-35(38)36(32-20-12-6-13-21-32)33-22-14-7-15-23-33)34(37)25-31(30-18-10-5-11-19-30)24-27(2)29-16-8-4-9-17-29/h3-26H,1-2,37H2,(H2,38,39)/b28-26+,31-24+,34-25-. The summed E-state index contributed by atoms with van der Waals surface area (Å²) in [7, 11) is 0. The minimum absolute atomic E-state index is 0.186. The predicted molar refractivity (Wildman–Crippen MR) is 170 cm³/mol. The van der Waals surface area contributed by atoms with Crippen LogP contribution in [0.4, 0.5) is 0 Å². The third-order valence-corrected chi connectivity index (χ3v) is 6.36. The third kappa shape index (κ3) is 7.24. The maximum atomic E-state index is 6.61. The van der Waals surface area contributed by atoms with Crippen LogP contribution in [0, 0.1) is 0 Å². The summed E-state index contributed by atoms with van der Waals surface area (Å²) >= 11 is 0. The fraction of sp³-hybridized carbons (Fsp3) is 0. The summed E-state index contributed by atoms with van der Waals surface area (Å²) in [5.74, 6) is 0. The van der Waals surface area contributed by atoms with Crippen LogP contribution in [0.2, 0.25) is 0 Å². The van der Waals surface area contributed by atoms with Crippen LogP contribution in [-0.2, 0) is 0 Å². The molecule has 0 aliphatic carbocycles. The monoisotopic (exact) mass is 505 g/mol. The Morgan fingerprint density at radius 3 is 1.59 bits per heavy atom. The lowest BCUT2D eigenvalue weighted by Gasteiger charge is -2.14. The average molecular weight is 505 g/mol. The predicted octanol–water partition coefficient (Wildman–Crippen LogP) is 5.90. The molecule has 0 heterocycles. The van der Waals surface area contributed by atoms with Gasteiger partial charge in [-0.3, -0.25) is 4.99 Å². The molecule has 3 nitrogen and oxygen atoms in total. The number of nitrogens with two attached hydrogens (primary N) is 2. The van der Waals surface area contributed by atoms with Crippen molar-refractivity contribution in [3.8, 4) is 0 Å². The summed E-state index contributed by atoms with van der Waals surface area (Å²) in [5, 5.41) is 0. The van der Waals surface area contributed by atoms with Gasteiger partial charge in [-0.25, -0.2) is 0 Å². The maximum absolute atomic E-state index is 6.61. The van der Waals surface area contributed by atoms with Gasteiger partial charge < -0.3 is 11.5 Å². The largest absolute Gasteiger partial charge is 0.398 e. The number of rotatable bonds is 10. The van der Waals surface area contributed by atoms with Crippen LogP contribution in [0.5, 0.6) is 0 Å². The van der Waals surface area contributed by atoms with E-state index in [1.54, 1.807) is 12.3 Å². The van der Waals surface area contributed by atoms with Crippen LogP contribution in [0.15, 0.2) is 175 Å². The molecule has 0 unspecified atom stereocenters. The van der Waals surface area contributed by atoms with Gasteiger partial charge in [-0.15, -0.1) is 0 Å². The molecule has 4 aromatic rings. The van der Waals surface area contributed by atoms with E-state index in [1.807, 2.05) is 109 Å². The summed E-state index contributed by atoms with van der Waals surface area (Å²) in [6, 6.07) is 40.4. The van der Waals surface area contributed by atoms with Crippen molar-refractivity contribution in [3.05, 3.63) is 181 Å². The van der Waals surface area contributed by atoms with Crippen molar-refractivity contribution in [1.29, 1.82) is 0 Å². The minimum Gasteiger partial charge on any atom is -0.398 e. The van der Waals surface area contributed by atoms with Crippen molar-refractivity contribution in [2.45, 2.75) is 0 Å². The van der Waals surface area contributed by atoms with Gasteiger partial charge in [0.05, 0.1) is 5.73 Å². The van der Waals surface area contributed by atoms with E-state index in [1.165, 1.54) is 0 Å². The van der Waals surface area contributed by atoms with E-state index in [4.69, 9.17) is 11.5 Å². The highest BCUT2D eigenvalue weighted by atomic mass is 14.8. The maximum Gasteiger partial charge on any atom is 0.286 e. The zero-order chi connectivity index (χ0) is 27.5. The van der Waals surface area contributed by atoms with Crippen molar-refractivity contribution < 1.29 is 0 Å². The molecule has 0 amide bonds. The Bertz CT molecular complexity index is 1480. The van der Waals surface area contributed by atoms with Crippen LogP contribution in [0.25, 0.3) is 11.1 Å². The Kier molecular flexibility index (Phi) is 9.30. The second-order valence-electron chi connectivity index (χ2n) is 9.05. The van der Waals surface area contributed by atoms with Crippen LogP contribution >= 0.6 is 0 Å². The van der Waals surface area contributed by atoms with Gasteiger partial charge in [-0.1, -0.05) is 151 Å². The van der Waals surface area contributed by atoms with Crippen molar-refractivity contribution in [1.82, 2.24) is 0 Å². The highest BCUT2D eigenvalue weighted by Crippen LogP contribution is 2.24. The molecular weight excluding hydrogens is 473 g/mol. The molecule has 4 heteroatoms. The molecule has 0 fully saturated rings. The molecular formula is C35H32BN3. The molecule has 0 aromatic heterocycles. The van der Waals surface area contributed by atoms with E-state index in [0.29, 0.717) is 17.0 Å². The van der Waals surface area contributed by atoms with E-state index < -0.39 is 0 Å². The Morgan fingerprint density at radius 2 is 1.10 bits per heavy atom. The summed E-state index contributed by atoms with van der Waals surface area (Å²) in [6.07, 6.45) is 7.34. The van der Waals surface area contributed by atoms with Gasteiger partial charge in [0.25, 0.3) is 6.71 Å². The van der Waals surface area contributed by atoms with E-state index in [-0.39, 0.29) is 6.71 Å². The molecule has 39 heavy (non-hydrogen) atoms. The molecule has 4 rings (SSSR count). The van der Waals surface area contributed by atoms with Gasteiger partial charge in [0.2, 0.25) is 0 Å².